The second kappa shape index (κ2) is 15.8. The smallest absolute Gasteiger partial charge is 0.207 e. The molecule has 2 saturated carbocycles. The highest BCUT2D eigenvalue weighted by Crippen LogP contribution is 2.63. The minimum Gasteiger partial charge on any atom is -0.310 e. The quantitative estimate of drug-likeness (QED) is 0.113. The average molecular weight is 854 g/mol. The second-order valence-corrected chi connectivity index (χ2v) is 23.8. The lowest BCUT2D eigenvalue weighted by atomic mass is 9.48. The van der Waals surface area contributed by atoms with E-state index in [1.807, 2.05) is 42.5 Å². The number of sulfone groups is 1. The summed E-state index contributed by atoms with van der Waals surface area (Å²) in [6.45, 7) is 2.39. The summed E-state index contributed by atoms with van der Waals surface area (Å²) in [5.41, 5.74) is 6.80. The number of nitrogens with zero attached hydrogens (tertiary/aromatic N) is 1. The van der Waals surface area contributed by atoms with Crippen LogP contribution in [0.15, 0.2) is 222 Å². The zero-order chi connectivity index (χ0) is 42.6. The molecule has 0 saturated heterocycles. The van der Waals surface area contributed by atoms with Crippen LogP contribution in [0.1, 0.15) is 50.2 Å². The van der Waals surface area contributed by atoms with Crippen molar-refractivity contribution in [2.45, 2.75) is 54.2 Å². The highest BCUT2D eigenvalue weighted by Gasteiger charge is 2.58. The molecule has 5 heteroatoms. The van der Waals surface area contributed by atoms with Gasteiger partial charge in [0.15, 0.2) is 8.07 Å². The van der Waals surface area contributed by atoms with E-state index in [1.54, 1.807) is 0 Å². The van der Waals surface area contributed by atoms with Crippen molar-refractivity contribution in [2.75, 3.05) is 4.90 Å². The topological polar surface area (TPSA) is 37.4 Å². The number of fused-ring (bicyclic) bond motifs is 2. The van der Waals surface area contributed by atoms with Crippen molar-refractivity contribution in [1.29, 1.82) is 0 Å². The first-order valence-corrected chi connectivity index (χ1v) is 26.1. The average Bonchev–Trinajstić information content (AvgIpc) is 3.33. The molecule has 1 aliphatic heterocycles. The van der Waals surface area contributed by atoms with Crippen LogP contribution in [0.25, 0.3) is 11.1 Å². The highest BCUT2D eigenvalue weighted by atomic mass is 32.2. The maximum atomic E-state index is 14.9. The van der Waals surface area contributed by atoms with Gasteiger partial charge in [-0.1, -0.05) is 183 Å². The largest absolute Gasteiger partial charge is 0.310 e. The van der Waals surface area contributed by atoms with Gasteiger partial charge in [0.2, 0.25) is 9.84 Å². The molecule has 0 radical (unpaired) electrons. The first-order chi connectivity index (χ1) is 30.9. The fraction of sp³-hybridized carbons (Fsp3) is 0.172. The van der Waals surface area contributed by atoms with Crippen LogP contribution < -0.4 is 25.6 Å². The normalized spacial score (nSPS) is 20.9. The Labute approximate surface area is 373 Å². The Morgan fingerprint density at radius 3 is 1.44 bits per heavy atom. The third-order valence-electron chi connectivity index (χ3n) is 14.8. The lowest BCUT2D eigenvalue weighted by Crippen LogP contribution is -2.74. The van der Waals surface area contributed by atoms with Gasteiger partial charge in [0.25, 0.3) is 0 Å². The first kappa shape index (κ1) is 39.6. The van der Waals surface area contributed by atoms with E-state index in [4.69, 9.17) is 0 Å². The van der Waals surface area contributed by atoms with E-state index in [-0.39, 0.29) is 5.41 Å². The summed E-state index contributed by atoms with van der Waals surface area (Å²) < 4.78 is 29.7. The molecule has 2 fully saturated rings. The fourth-order valence-electron chi connectivity index (χ4n) is 12.3. The molecule has 3 nitrogen and oxygen atoms in total. The molecule has 2 aliphatic carbocycles. The Morgan fingerprint density at radius 1 is 0.460 bits per heavy atom. The van der Waals surface area contributed by atoms with Crippen LogP contribution in [0, 0.1) is 17.8 Å². The van der Waals surface area contributed by atoms with Gasteiger partial charge in [-0.05, 0) is 129 Å². The molecule has 2 unspecified atom stereocenters. The summed E-state index contributed by atoms with van der Waals surface area (Å²) in [6, 6.07) is 75.7. The molecule has 11 rings (SSSR count). The number of rotatable bonds is 8. The number of benzene rings is 8. The minimum absolute atomic E-state index is 0.291. The van der Waals surface area contributed by atoms with E-state index in [0.29, 0.717) is 27.5 Å². The minimum atomic E-state index is -3.78. The van der Waals surface area contributed by atoms with Gasteiger partial charge in [0, 0.05) is 22.5 Å². The van der Waals surface area contributed by atoms with Gasteiger partial charge >= 0.3 is 0 Å². The summed E-state index contributed by atoms with van der Waals surface area (Å²) in [6.07, 6.45) is 5.75. The molecule has 1 spiro atoms. The van der Waals surface area contributed by atoms with Gasteiger partial charge in [0.05, 0.1) is 9.79 Å². The van der Waals surface area contributed by atoms with Crippen molar-refractivity contribution >= 4 is 55.7 Å². The predicted octanol–water partition coefficient (Wildman–Crippen LogP) is 11.5. The molecule has 2 bridgehead atoms. The van der Waals surface area contributed by atoms with Crippen LogP contribution in [0.5, 0.6) is 0 Å². The zero-order valence-electron chi connectivity index (χ0n) is 35.6. The molecule has 4 atom stereocenters. The van der Waals surface area contributed by atoms with Gasteiger partial charge in [-0.2, -0.15) is 0 Å². The van der Waals surface area contributed by atoms with Gasteiger partial charge in [-0.25, -0.2) is 8.42 Å². The summed E-state index contributed by atoms with van der Waals surface area (Å²) in [5.74, 6) is 1.48. The SMILES string of the molecule is CC1C[C@H]2CCC[C@@H](C1)C21c2ccccc2S(=O)(=O)c2cc(N(c3ccccc3)c3ccc(-c4ccc([Si](c5ccccc5)(c5ccccc5)c5ccccc5)cc4)cc3)ccc21. The Balaban J connectivity index is 0.996. The molecule has 0 aromatic heterocycles. The number of para-hydroxylation sites is 1. The van der Waals surface area contributed by atoms with Crippen molar-refractivity contribution in [1.82, 2.24) is 0 Å². The van der Waals surface area contributed by atoms with Crippen LogP contribution in [-0.4, -0.2) is 16.5 Å². The van der Waals surface area contributed by atoms with Crippen LogP contribution in [0.3, 0.4) is 0 Å². The Bertz CT molecular complexity index is 2900. The zero-order valence-corrected chi connectivity index (χ0v) is 37.5. The van der Waals surface area contributed by atoms with Crippen molar-refractivity contribution < 1.29 is 8.42 Å². The Kier molecular flexibility index (Phi) is 9.93. The fourth-order valence-corrected chi connectivity index (χ4v) is 18.8. The van der Waals surface area contributed by atoms with E-state index in [0.717, 1.165) is 65.0 Å². The molecule has 1 heterocycles. The molecule has 8 aromatic rings. The van der Waals surface area contributed by atoms with Crippen molar-refractivity contribution in [3.63, 3.8) is 0 Å². The molecular weight excluding hydrogens is 803 g/mol. The maximum Gasteiger partial charge on any atom is 0.207 e. The number of anilines is 3. The molecule has 0 amide bonds. The molecule has 63 heavy (non-hydrogen) atoms. The molecule has 3 aliphatic rings. The van der Waals surface area contributed by atoms with Gasteiger partial charge < -0.3 is 4.90 Å². The number of hydrogen-bond donors (Lipinski definition) is 0. The van der Waals surface area contributed by atoms with Crippen molar-refractivity contribution in [3.8, 4) is 11.1 Å². The summed E-state index contributed by atoms with van der Waals surface area (Å²) >= 11 is 0. The third kappa shape index (κ3) is 6.31. The highest BCUT2D eigenvalue weighted by molar-refractivity contribution is 7.91. The van der Waals surface area contributed by atoms with Gasteiger partial charge in [0.1, 0.15) is 0 Å². The summed E-state index contributed by atoms with van der Waals surface area (Å²) in [4.78, 5) is 3.18. The van der Waals surface area contributed by atoms with Gasteiger partial charge in [-0.15, -0.1) is 0 Å². The van der Waals surface area contributed by atoms with E-state index >= 15 is 0 Å². The molecule has 310 valence electrons. The van der Waals surface area contributed by atoms with Crippen LogP contribution in [0.4, 0.5) is 17.1 Å². The Morgan fingerprint density at radius 2 is 0.889 bits per heavy atom. The third-order valence-corrected chi connectivity index (χ3v) is 21.4. The summed E-state index contributed by atoms with van der Waals surface area (Å²) in [7, 11) is -6.41. The van der Waals surface area contributed by atoms with Crippen molar-refractivity contribution in [3.05, 3.63) is 223 Å². The second-order valence-electron chi connectivity index (χ2n) is 18.1. The standard InChI is InChI=1S/C58H51NO2SSi/c1-42-39-45-17-16-18-46(40-42)58(45)54-27-14-15-28-56(54)62(60,61)57-41-49(35-38-55(57)58)59(47-19-6-2-7-20-47)48-33-29-43(30-34-48)44-31-36-53(37-32-44)63(50-21-8-3-9-22-50,51-23-10-4-11-24-51)52-25-12-5-13-26-52/h2-15,19-38,41-42,45-46H,16-18,39-40H2,1H3/t42?,45-,46+,58?. The monoisotopic (exact) mass is 853 g/mol. The van der Waals surface area contributed by atoms with E-state index < -0.39 is 17.9 Å². The van der Waals surface area contributed by atoms with E-state index in [9.17, 15) is 8.42 Å². The molecule has 8 aromatic carbocycles. The predicted molar refractivity (Wildman–Crippen MR) is 262 cm³/mol. The van der Waals surface area contributed by atoms with Crippen LogP contribution in [-0.2, 0) is 15.3 Å². The summed E-state index contributed by atoms with van der Waals surface area (Å²) in [5, 5.41) is 5.39. The van der Waals surface area contributed by atoms with Crippen LogP contribution in [0.2, 0.25) is 0 Å². The van der Waals surface area contributed by atoms with E-state index in [1.165, 1.54) is 27.2 Å². The molecule has 0 N–H and O–H groups in total. The Hall–Kier alpha value is -6.27. The maximum absolute atomic E-state index is 14.9. The van der Waals surface area contributed by atoms with Gasteiger partial charge in [-0.3, -0.25) is 0 Å². The lowest BCUT2D eigenvalue weighted by molar-refractivity contribution is 0.0488. The van der Waals surface area contributed by atoms with E-state index in [2.05, 4.69) is 182 Å². The lowest BCUT2D eigenvalue weighted by Gasteiger charge is -2.57. The first-order valence-electron chi connectivity index (χ1n) is 22.6. The van der Waals surface area contributed by atoms with Crippen molar-refractivity contribution in [2.24, 2.45) is 17.8 Å². The molecular formula is C58H51NO2SSi. The van der Waals surface area contributed by atoms with Crippen LogP contribution >= 0.6 is 0 Å². The number of hydrogen-bond acceptors (Lipinski definition) is 3.